The van der Waals surface area contributed by atoms with E-state index < -0.39 is 0 Å². The summed E-state index contributed by atoms with van der Waals surface area (Å²) in [7, 11) is 0. The smallest absolute Gasteiger partial charge is 0.194 e. The van der Waals surface area contributed by atoms with Crippen LogP contribution in [0.5, 0.6) is 0 Å². The largest absolute Gasteiger partial charge is 0.449 e. The van der Waals surface area contributed by atoms with Crippen molar-refractivity contribution in [2.75, 3.05) is 0 Å². The van der Waals surface area contributed by atoms with Gasteiger partial charge in [-0.1, -0.05) is 39.5 Å². The van der Waals surface area contributed by atoms with E-state index in [-0.39, 0.29) is 0 Å². The molecular weight excluding hydrogens is 186 g/mol. The molecule has 0 aromatic carbocycles. The number of nitrogens with zero attached hydrogens (tertiary/aromatic N) is 1. The Hall–Kier alpha value is -0.790. The lowest BCUT2D eigenvalue weighted by Gasteiger charge is -1.94. The third kappa shape index (κ3) is 5.01. The second-order valence-corrected chi connectivity index (χ2v) is 4.15. The molecule has 1 aromatic rings. The standard InChI is InChI=1S/C13H23NO/c1-3-5-7-9-12-11-15-13(14-12)10-8-6-4-2/h11H,3-10H2,1-2H3. The van der Waals surface area contributed by atoms with Gasteiger partial charge in [0.1, 0.15) is 6.26 Å². The first-order valence-corrected chi connectivity index (χ1v) is 6.30. The molecule has 1 aromatic heterocycles. The van der Waals surface area contributed by atoms with E-state index in [1.165, 1.54) is 38.5 Å². The van der Waals surface area contributed by atoms with Crippen LogP contribution < -0.4 is 0 Å². The van der Waals surface area contributed by atoms with Crippen LogP contribution in [0, 0.1) is 0 Å². The zero-order chi connectivity index (χ0) is 10.9. The summed E-state index contributed by atoms with van der Waals surface area (Å²) in [6.07, 6.45) is 11.4. The second kappa shape index (κ2) is 7.49. The molecule has 0 aliphatic rings. The maximum absolute atomic E-state index is 5.43. The zero-order valence-corrected chi connectivity index (χ0v) is 10.1. The molecule has 0 aliphatic carbocycles. The molecule has 0 atom stereocenters. The van der Waals surface area contributed by atoms with Gasteiger partial charge in [-0.25, -0.2) is 4.98 Å². The normalized spacial score (nSPS) is 10.8. The Bertz CT molecular complexity index is 230. The summed E-state index contributed by atoms with van der Waals surface area (Å²) >= 11 is 0. The van der Waals surface area contributed by atoms with Gasteiger partial charge >= 0.3 is 0 Å². The van der Waals surface area contributed by atoms with Gasteiger partial charge < -0.3 is 4.42 Å². The molecular formula is C13H23NO. The van der Waals surface area contributed by atoms with Crippen LogP contribution in [0.1, 0.15) is 64.0 Å². The van der Waals surface area contributed by atoms with E-state index in [0.29, 0.717) is 0 Å². The van der Waals surface area contributed by atoms with Crippen LogP contribution in [0.25, 0.3) is 0 Å². The van der Waals surface area contributed by atoms with Crippen molar-refractivity contribution in [2.24, 2.45) is 0 Å². The minimum Gasteiger partial charge on any atom is -0.449 e. The third-order valence-electron chi connectivity index (χ3n) is 2.63. The van der Waals surface area contributed by atoms with Gasteiger partial charge in [-0.3, -0.25) is 0 Å². The lowest BCUT2D eigenvalue weighted by molar-refractivity contribution is 0.482. The van der Waals surface area contributed by atoms with Crippen LogP contribution in [0.3, 0.4) is 0 Å². The van der Waals surface area contributed by atoms with Crippen LogP contribution in [0.15, 0.2) is 10.7 Å². The first-order chi connectivity index (χ1) is 7.36. The summed E-state index contributed by atoms with van der Waals surface area (Å²) in [4.78, 5) is 4.49. The van der Waals surface area contributed by atoms with Crippen molar-refractivity contribution in [3.63, 3.8) is 0 Å². The predicted molar refractivity (Wildman–Crippen MR) is 63.0 cm³/mol. The third-order valence-corrected chi connectivity index (χ3v) is 2.63. The van der Waals surface area contributed by atoms with Crippen molar-refractivity contribution >= 4 is 0 Å². The molecule has 0 bridgehead atoms. The molecule has 0 amide bonds. The van der Waals surface area contributed by atoms with E-state index >= 15 is 0 Å². The van der Waals surface area contributed by atoms with Gasteiger partial charge in [0.05, 0.1) is 5.69 Å². The van der Waals surface area contributed by atoms with Gasteiger partial charge in [-0.05, 0) is 19.3 Å². The Balaban J connectivity index is 2.23. The van der Waals surface area contributed by atoms with E-state index in [1.54, 1.807) is 0 Å². The molecule has 0 radical (unpaired) electrons. The van der Waals surface area contributed by atoms with E-state index in [2.05, 4.69) is 18.8 Å². The molecule has 1 rings (SSSR count). The monoisotopic (exact) mass is 209 g/mol. The average molecular weight is 209 g/mol. The van der Waals surface area contributed by atoms with Gasteiger partial charge in [0.15, 0.2) is 5.89 Å². The predicted octanol–water partition coefficient (Wildman–Crippen LogP) is 4.14. The number of aryl methyl sites for hydroxylation is 2. The van der Waals surface area contributed by atoms with Gasteiger partial charge in [0.2, 0.25) is 0 Å². The molecule has 0 aliphatic heterocycles. The highest BCUT2D eigenvalue weighted by atomic mass is 16.3. The summed E-state index contributed by atoms with van der Waals surface area (Å²) in [6, 6.07) is 0. The minimum atomic E-state index is 0.926. The van der Waals surface area contributed by atoms with Crippen molar-refractivity contribution in [1.82, 2.24) is 4.98 Å². The molecule has 0 saturated heterocycles. The van der Waals surface area contributed by atoms with Crippen molar-refractivity contribution in [2.45, 2.75) is 65.2 Å². The van der Waals surface area contributed by atoms with Crippen molar-refractivity contribution in [3.8, 4) is 0 Å². The fourth-order valence-corrected chi connectivity index (χ4v) is 1.66. The van der Waals surface area contributed by atoms with Crippen LogP contribution in [0.4, 0.5) is 0 Å². The summed E-state index contributed by atoms with van der Waals surface area (Å²) in [5.41, 5.74) is 1.13. The molecule has 0 N–H and O–H groups in total. The molecule has 0 spiro atoms. The summed E-state index contributed by atoms with van der Waals surface area (Å²) in [5, 5.41) is 0. The number of oxazole rings is 1. The van der Waals surface area contributed by atoms with Gasteiger partial charge in [-0.15, -0.1) is 0 Å². The first-order valence-electron chi connectivity index (χ1n) is 6.30. The van der Waals surface area contributed by atoms with Gasteiger partial charge in [0, 0.05) is 6.42 Å². The van der Waals surface area contributed by atoms with Gasteiger partial charge in [-0.2, -0.15) is 0 Å². The maximum Gasteiger partial charge on any atom is 0.194 e. The highest BCUT2D eigenvalue weighted by Crippen LogP contribution is 2.10. The molecule has 86 valence electrons. The number of rotatable bonds is 8. The van der Waals surface area contributed by atoms with Gasteiger partial charge in [0.25, 0.3) is 0 Å². The fourth-order valence-electron chi connectivity index (χ4n) is 1.66. The van der Waals surface area contributed by atoms with E-state index in [0.717, 1.165) is 24.4 Å². The van der Waals surface area contributed by atoms with Crippen molar-refractivity contribution < 1.29 is 4.42 Å². The highest BCUT2D eigenvalue weighted by Gasteiger charge is 2.02. The van der Waals surface area contributed by atoms with Crippen molar-refractivity contribution in [3.05, 3.63) is 17.8 Å². The Morgan fingerprint density at radius 2 is 1.67 bits per heavy atom. The van der Waals surface area contributed by atoms with E-state index in [4.69, 9.17) is 4.42 Å². The molecule has 2 nitrogen and oxygen atoms in total. The Morgan fingerprint density at radius 3 is 2.33 bits per heavy atom. The second-order valence-electron chi connectivity index (χ2n) is 4.15. The summed E-state index contributed by atoms with van der Waals surface area (Å²) in [5.74, 6) is 0.926. The van der Waals surface area contributed by atoms with Crippen molar-refractivity contribution in [1.29, 1.82) is 0 Å². The van der Waals surface area contributed by atoms with Crippen LogP contribution in [-0.2, 0) is 12.8 Å². The molecule has 0 saturated carbocycles. The quantitative estimate of drug-likeness (QED) is 0.601. The fraction of sp³-hybridized carbons (Fsp3) is 0.769. The zero-order valence-electron chi connectivity index (χ0n) is 10.1. The molecule has 15 heavy (non-hydrogen) atoms. The lowest BCUT2D eigenvalue weighted by atomic mass is 10.2. The SMILES string of the molecule is CCCCCc1coc(CCCCC)n1. The minimum absolute atomic E-state index is 0.926. The van der Waals surface area contributed by atoms with E-state index in [9.17, 15) is 0 Å². The Morgan fingerprint density at radius 1 is 1.00 bits per heavy atom. The number of hydrogen-bond donors (Lipinski definition) is 0. The first kappa shape index (κ1) is 12.3. The van der Waals surface area contributed by atoms with Crippen LogP contribution in [-0.4, -0.2) is 4.98 Å². The molecule has 0 unspecified atom stereocenters. The van der Waals surface area contributed by atoms with Crippen LogP contribution in [0.2, 0.25) is 0 Å². The number of hydrogen-bond acceptors (Lipinski definition) is 2. The molecule has 1 heterocycles. The maximum atomic E-state index is 5.43. The Labute approximate surface area is 93.1 Å². The number of aromatic nitrogens is 1. The lowest BCUT2D eigenvalue weighted by Crippen LogP contribution is -1.89. The summed E-state index contributed by atoms with van der Waals surface area (Å²) in [6.45, 7) is 4.44. The molecule has 2 heteroatoms. The highest BCUT2D eigenvalue weighted by molar-refractivity contribution is 4.96. The van der Waals surface area contributed by atoms with Crippen LogP contribution >= 0.6 is 0 Å². The Kier molecular flexibility index (Phi) is 6.14. The average Bonchev–Trinajstić information content (AvgIpc) is 2.67. The molecule has 0 fully saturated rings. The van der Waals surface area contributed by atoms with E-state index in [1.807, 2.05) is 6.26 Å². The number of unbranched alkanes of at least 4 members (excludes halogenated alkanes) is 4. The summed E-state index contributed by atoms with van der Waals surface area (Å²) < 4.78 is 5.43. The topological polar surface area (TPSA) is 26.0 Å².